The quantitative estimate of drug-likeness (QED) is 0.290. The summed E-state index contributed by atoms with van der Waals surface area (Å²) in [6, 6.07) is 10.7. The highest BCUT2D eigenvalue weighted by atomic mass is 32.2. The maximum Gasteiger partial charge on any atom is 0.232 e. The Kier molecular flexibility index (Phi) is 7.26. The molecule has 1 aliphatic carbocycles. The van der Waals surface area contributed by atoms with E-state index in [9.17, 15) is 4.79 Å². The van der Waals surface area contributed by atoms with E-state index in [4.69, 9.17) is 9.97 Å². The van der Waals surface area contributed by atoms with Gasteiger partial charge < -0.3 is 4.90 Å². The third kappa shape index (κ3) is 5.18. The van der Waals surface area contributed by atoms with E-state index in [1.54, 1.807) is 11.8 Å². The summed E-state index contributed by atoms with van der Waals surface area (Å²) in [6.07, 6.45) is 6.79. The number of nitrogens with zero attached hydrogens (tertiary/aromatic N) is 3. The van der Waals surface area contributed by atoms with Crippen LogP contribution >= 0.6 is 23.1 Å². The number of aryl methyl sites for hydroxylation is 1. The fraction of sp³-hybridized carbons (Fsp3) is 0.536. The molecule has 2 aromatic heterocycles. The first kappa shape index (κ1) is 23.8. The lowest BCUT2D eigenvalue weighted by Crippen LogP contribution is -2.39. The lowest BCUT2D eigenvalue weighted by Gasteiger charge is -2.32. The Morgan fingerprint density at radius 3 is 2.65 bits per heavy atom. The molecule has 1 aliphatic heterocycles. The smallest absolute Gasteiger partial charge is 0.232 e. The first-order chi connectivity index (χ1) is 16.5. The van der Waals surface area contributed by atoms with Gasteiger partial charge in [-0.1, -0.05) is 62.9 Å². The number of amides is 1. The van der Waals surface area contributed by atoms with Crippen LogP contribution < -0.4 is 0 Å². The Hall–Kier alpha value is -1.92. The van der Waals surface area contributed by atoms with Gasteiger partial charge in [0, 0.05) is 29.3 Å². The summed E-state index contributed by atoms with van der Waals surface area (Å²) in [5.74, 6) is 3.30. The summed E-state index contributed by atoms with van der Waals surface area (Å²) < 4.78 is 0. The van der Waals surface area contributed by atoms with Crippen LogP contribution in [0.2, 0.25) is 0 Å². The second-order valence-electron chi connectivity index (χ2n) is 10.4. The normalized spacial score (nSPS) is 19.1. The van der Waals surface area contributed by atoms with Crippen LogP contribution in [0.3, 0.4) is 0 Å². The maximum absolute atomic E-state index is 13.1. The van der Waals surface area contributed by atoms with Crippen LogP contribution in [0.1, 0.15) is 67.8 Å². The number of piperidine rings is 1. The summed E-state index contributed by atoms with van der Waals surface area (Å²) in [7, 11) is 0. The van der Waals surface area contributed by atoms with Gasteiger partial charge in [-0.25, -0.2) is 9.97 Å². The van der Waals surface area contributed by atoms with Crippen LogP contribution in [0.5, 0.6) is 0 Å². The molecule has 6 heteroatoms. The van der Waals surface area contributed by atoms with Crippen molar-refractivity contribution in [2.75, 3.05) is 18.8 Å². The highest BCUT2D eigenvalue weighted by molar-refractivity contribution is 8.00. The highest BCUT2D eigenvalue weighted by Gasteiger charge is 2.26. The Bertz CT molecular complexity index is 1150. The van der Waals surface area contributed by atoms with Crippen LogP contribution in [0.15, 0.2) is 35.4 Å². The van der Waals surface area contributed by atoms with Gasteiger partial charge in [0.05, 0.1) is 5.75 Å². The topological polar surface area (TPSA) is 46.1 Å². The predicted octanol–water partition coefficient (Wildman–Crippen LogP) is 6.51. The average molecular weight is 494 g/mol. The molecule has 3 aromatic rings. The Morgan fingerprint density at radius 1 is 1.15 bits per heavy atom. The lowest BCUT2D eigenvalue weighted by atomic mass is 9.89. The fourth-order valence-electron chi connectivity index (χ4n) is 5.24. The monoisotopic (exact) mass is 493 g/mol. The molecule has 1 saturated heterocycles. The van der Waals surface area contributed by atoms with Crippen molar-refractivity contribution in [3.63, 3.8) is 0 Å². The number of carbonyl (C=O) groups is 1. The highest BCUT2D eigenvalue weighted by Crippen LogP contribution is 2.41. The standard InChI is InChI=1S/C28H35N3OS2/c1-18(2)26-29-27(25-22-10-9-19(3)15-23(22)34-28(25)30-26)33-17-24(32)31-13-11-21(12-14-31)16-20-7-5-4-6-8-20/h4-8,18-19,21H,9-17H2,1-3H3/t19-/m0/s1. The number of thioether (sulfide) groups is 1. The van der Waals surface area contributed by atoms with Gasteiger partial charge in [0.1, 0.15) is 15.7 Å². The number of aromatic nitrogens is 2. The Labute approximate surface area is 211 Å². The minimum Gasteiger partial charge on any atom is -0.342 e. The molecule has 180 valence electrons. The number of rotatable bonds is 6. The first-order valence-corrected chi connectivity index (χ1v) is 14.5. The van der Waals surface area contributed by atoms with Crippen molar-refractivity contribution in [3.8, 4) is 0 Å². The molecule has 0 radical (unpaired) electrons. The molecule has 0 bridgehead atoms. The van der Waals surface area contributed by atoms with E-state index >= 15 is 0 Å². The number of likely N-dealkylation sites (tertiary alicyclic amines) is 1. The van der Waals surface area contributed by atoms with Gasteiger partial charge in [-0.15, -0.1) is 11.3 Å². The molecule has 1 fully saturated rings. The van der Waals surface area contributed by atoms with Crippen LogP contribution in [0.4, 0.5) is 0 Å². The van der Waals surface area contributed by atoms with E-state index < -0.39 is 0 Å². The van der Waals surface area contributed by atoms with Gasteiger partial charge in [0.15, 0.2) is 0 Å². The summed E-state index contributed by atoms with van der Waals surface area (Å²) >= 11 is 3.48. The minimum absolute atomic E-state index is 0.249. The molecule has 1 aromatic carbocycles. The first-order valence-electron chi connectivity index (χ1n) is 12.7. The molecule has 0 unspecified atom stereocenters. The van der Waals surface area contributed by atoms with Crippen LogP contribution in [0, 0.1) is 11.8 Å². The molecule has 1 atom stereocenters. The minimum atomic E-state index is 0.249. The summed E-state index contributed by atoms with van der Waals surface area (Å²) in [5.41, 5.74) is 2.86. The van der Waals surface area contributed by atoms with E-state index in [0.29, 0.717) is 11.7 Å². The molecule has 1 amide bonds. The van der Waals surface area contributed by atoms with Gasteiger partial charge in [-0.05, 0) is 61.5 Å². The average Bonchev–Trinajstić information content (AvgIpc) is 3.21. The van der Waals surface area contributed by atoms with E-state index in [-0.39, 0.29) is 11.8 Å². The molecular formula is C28H35N3OS2. The molecule has 5 rings (SSSR count). The summed E-state index contributed by atoms with van der Waals surface area (Å²) in [5, 5.41) is 2.25. The van der Waals surface area contributed by atoms with Crippen molar-refractivity contribution < 1.29 is 4.79 Å². The zero-order chi connectivity index (χ0) is 23.7. The molecule has 3 heterocycles. The van der Waals surface area contributed by atoms with Crippen molar-refractivity contribution in [3.05, 3.63) is 52.2 Å². The van der Waals surface area contributed by atoms with Crippen molar-refractivity contribution in [1.82, 2.24) is 14.9 Å². The van der Waals surface area contributed by atoms with Gasteiger partial charge >= 0.3 is 0 Å². The Morgan fingerprint density at radius 2 is 1.91 bits per heavy atom. The number of benzene rings is 1. The number of fused-ring (bicyclic) bond motifs is 3. The van der Waals surface area contributed by atoms with Gasteiger partial charge in [-0.2, -0.15) is 0 Å². The van der Waals surface area contributed by atoms with E-state index in [0.717, 1.165) is 66.8 Å². The van der Waals surface area contributed by atoms with Crippen molar-refractivity contribution in [2.24, 2.45) is 11.8 Å². The van der Waals surface area contributed by atoms with Crippen LogP contribution in [-0.2, 0) is 24.1 Å². The third-order valence-electron chi connectivity index (χ3n) is 7.32. The number of carbonyl (C=O) groups excluding carboxylic acids is 1. The molecule has 2 aliphatic rings. The number of hydrogen-bond donors (Lipinski definition) is 0. The lowest BCUT2D eigenvalue weighted by molar-refractivity contribution is -0.129. The van der Waals surface area contributed by atoms with Gasteiger partial charge in [-0.3, -0.25) is 4.79 Å². The van der Waals surface area contributed by atoms with Crippen molar-refractivity contribution >= 4 is 39.2 Å². The van der Waals surface area contributed by atoms with Gasteiger partial charge in [0.25, 0.3) is 0 Å². The molecule has 34 heavy (non-hydrogen) atoms. The van der Waals surface area contributed by atoms with E-state index in [1.807, 2.05) is 11.3 Å². The maximum atomic E-state index is 13.1. The molecular weight excluding hydrogens is 458 g/mol. The van der Waals surface area contributed by atoms with Crippen molar-refractivity contribution in [2.45, 2.75) is 70.2 Å². The Balaban J connectivity index is 1.26. The number of hydrogen-bond acceptors (Lipinski definition) is 5. The molecule has 0 N–H and O–H groups in total. The fourth-order valence-corrected chi connectivity index (χ4v) is 7.66. The zero-order valence-corrected chi connectivity index (χ0v) is 22.2. The van der Waals surface area contributed by atoms with Crippen LogP contribution in [-0.4, -0.2) is 39.6 Å². The molecule has 4 nitrogen and oxygen atoms in total. The van der Waals surface area contributed by atoms with Gasteiger partial charge in [0.2, 0.25) is 5.91 Å². The van der Waals surface area contributed by atoms with E-state index in [1.165, 1.54) is 27.8 Å². The van der Waals surface area contributed by atoms with Crippen LogP contribution in [0.25, 0.3) is 10.2 Å². The number of thiophene rings is 1. The second-order valence-corrected chi connectivity index (χ2v) is 12.4. The largest absolute Gasteiger partial charge is 0.342 e. The van der Waals surface area contributed by atoms with Crippen molar-refractivity contribution in [1.29, 1.82) is 0 Å². The summed E-state index contributed by atoms with van der Waals surface area (Å²) in [6.45, 7) is 8.39. The SMILES string of the molecule is CC(C)c1nc(SCC(=O)N2CCC(Cc3ccccc3)CC2)c2c3c(sc2n1)C[C@@H](C)CC3. The second kappa shape index (κ2) is 10.4. The third-order valence-corrected chi connectivity index (χ3v) is 9.43. The molecule has 0 spiro atoms. The molecule has 0 saturated carbocycles. The summed E-state index contributed by atoms with van der Waals surface area (Å²) in [4.78, 5) is 27.7. The predicted molar refractivity (Wildman–Crippen MR) is 143 cm³/mol. The zero-order valence-electron chi connectivity index (χ0n) is 20.5. The van der Waals surface area contributed by atoms with E-state index in [2.05, 4.69) is 56.0 Å².